The highest BCUT2D eigenvalue weighted by atomic mass is 16.1. The smallest absolute Gasteiger partial charge is 0.269 e. The van der Waals surface area contributed by atoms with Crippen molar-refractivity contribution in [2.75, 3.05) is 0 Å². The Morgan fingerprint density at radius 2 is 1.88 bits per heavy atom. The van der Waals surface area contributed by atoms with Crippen LogP contribution in [-0.4, -0.2) is 9.55 Å². The minimum absolute atomic E-state index is 0.0404. The Kier molecular flexibility index (Phi) is 4.44. The third kappa shape index (κ3) is 2.73. The lowest BCUT2D eigenvalue weighted by Gasteiger charge is -2.12. The zero-order valence-electron chi connectivity index (χ0n) is 11.2. The number of aromatic nitrogens is 2. The van der Waals surface area contributed by atoms with Gasteiger partial charge in [0.15, 0.2) is 0 Å². The van der Waals surface area contributed by atoms with Gasteiger partial charge >= 0.3 is 0 Å². The van der Waals surface area contributed by atoms with Crippen molar-refractivity contribution < 1.29 is 0 Å². The highest BCUT2D eigenvalue weighted by Crippen LogP contribution is 2.14. The zero-order valence-corrected chi connectivity index (χ0v) is 11.2. The molecule has 0 unspecified atom stereocenters. The molecule has 17 heavy (non-hydrogen) atoms. The highest BCUT2D eigenvalue weighted by molar-refractivity contribution is 5.75. The van der Waals surface area contributed by atoms with Crippen molar-refractivity contribution >= 4 is 11.0 Å². The topological polar surface area (TPSA) is 34.9 Å². The summed E-state index contributed by atoms with van der Waals surface area (Å²) in [5, 5.41) is 0. The minimum atomic E-state index is -0.0404. The Hall–Kier alpha value is -1.64. The monoisotopic (exact) mass is 232 g/mol. The van der Waals surface area contributed by atoms with Crippen LogP contribution in [0.3, 0.4) is 0 Å². The number of rotatable bonds is 1. The van der Waals surface area contributed by atoms with E-state index in [0.717, 1.165) is 16.6 Å². The predicted molar refractivity (Wildman–Crippen MR) is 72.5 cm³/mol. The summed E-state index contributed by atoms with van der Waals surface area (Å²) in [5.74, 6) is 0. The van der Waals surface area contributed by atoms with Crippen LogP contribution in [0, 0.1) is 6.92 Å². The standard InChI is InChI=1S/C12H14N2O.C2H6/c1-8(2)14-11-5-4-9(3)6-10(11)13-7-12(14)15;1-2/h4-8H,1-3H3;1-2H3. The van der Waals surface area contributed by atoms with E-state index < -0.39 is 0 Å². The Morgan fingerprint density at radius 1 is 1.24 bits per heavy atom. The molecular weight excluding hydrogens is 212 g/mol. The fourth-order valence-corrected chi connectivity index (χ4v) is 1.78. The normalized spacial score (nSPS) is 10.2. The lowest BCUT2D eigenvalue weighted by Crippen LogP contribution is -2.22. The number of aryl methyl sites for hydroxylation is 1. The first kappa shape index (κ1) is 13.4. The van der Waals surface area contributed by atoms with Gasteiger partial charge in [0.25, 0.3) is 5.56 Å². The van der Waals surface area contributed by atoms with Crippen LogP contribution in [0.2, 0.25) is 0 Å². The number of hydrogen-bond acceptors (Lipinski definition) is 2. The molecule has 3 heteroatoms. The number of hydrogen-bond donors (Lipinski definition) is 0. The third-order valence-electron chi connectivity index (χ3n) is 2.46. The highest BCUT2D eigenvalue weighted by Gasteiger charge is 2.06. The summed E-state index contributed by atoms with van der Waals surface area (Å²) in [5.41, 5.74) is 2.90. The summed E-state index contributed by atoms with van der Waals surface area (Å²) in [6.45, 7) is 10.0. The molecule has 2 rings (SSSR count). The van der Waals surface area contributed by atoms with Crippen molar-refractivity contribution in [1.29, 1.82) is 0 Å². The second-order valence-corrected chi connectivity index (χ2v) is 4.05. The quantitative estimate of drug-likeness (QED) is 0.756. The summed E-state index contributed by atoms with van der Waals surface area (Å²) < 4.78 is 1.77. The van der Waals surface area contributed by atoms with Gasteiger partial charge in [-0.2, -0.15) is 0 Å². The zero-order chi connectivity index (χ0) is 13.0. The molecule has 1 heterocycles. The van der Waals surface area contributed by atoms with Crippen LogP contribution in [0.4, 0.5) is 0 Å². The summed E-state index contributed by atoms with van der Waals surface area (Å²) >= 11 is 0. The summed E-state index contributed by atoms with van der Waals surface area (Å²) in [6.07, 6.45) is 1.39. The molecule has 3 nitrogen and oxygen atoms in total. The molecule has 0 aliphatic carbocycles. The molecule has 0 spiro atoms. The Balaban J connectivity index is 0.000000686. The summed E-state index contributed by atoms with van der Waals surface area (Å²) in [6, 6.07) is 6.11. The summed E-state index contributed by atoms with van der Waals surface area (Å²) in [7, 11) is 0. The predicted octanol–water partition coefficient (Wildman–Crippen LogP) is 3.31. The van der Waals surface area contributed by atoms with Gasteiger partial charge in [-0.3, -0.25) is 4.79 Å². The van der Waals surface area contributed by atoms with Crippen molar-refractivity contribution in [3.05, 3.63) is 40.3 Å². The Labute approximate surface area is 102 Å². The lowest BCUT2D eigenvalue weighted by atomic mass is 10.2. The van der Waals surface area contributed by atoms with E-state index in [0.29, 0.717) is 0 Å². The molecule has 0 saturated carbocycles. The second-order valence-electron chi connectivity index (χ2n) is 4.05. The van der Waals surface area contributed by atoms with Crippen LogP contribution in [-0.2, 0) is 0 Å². The Bertz CT molecular complexity index is 556. The average molecular weight is 232 g/mol. The van der Waals surface area contributed by atoms with E-state index >= 15 is 0 Å². The first-order chi connectivity index (χ1) is 8.09. The number of benzene rings is 1. The fraction of sp³-hybridized carbons (Fsp3) is 0.429. The number of nitrogens with zero attached hydrogens (tertiary/aromatic N) is 2. The van der Waals surface area contributed by atoms with Crippen molar-refractivity contribution in [2.24, 2.45) is 0 Å². The van der Waals surface area contributed by atoms with Gasteiger partial charge in [-0.1, -0.05) is 19.9 Å². The molecule has 0 fully saturated rings. The van der Waals surface area contributed by atoms with E-state index in [1.807, 2.05) is 52.8 Å². The maximum atomic E-state index is 11.7. The second kappa shape index (κ2) is 5.62. The van der Waals surface area contributed by atoms with Gasteiger partial charge < -0.3 is 4.57 Å². The first-order valence-electron chi connectivity index (χ1n) is 6.07. The van der Waals surface area contributed by atoms with Crippen LogP contribution in [0.15, 0.2) is 29.2 Å². The summed E-state index contributed by atoms with van der Waals surface area (Å²) in [4.78, 5) is 15.8. The molecule has 0 atom stereocenters. The molecule has 0 amide bonds. The average Bonchev–Trinajstić information content (AvgIpc) is 2.31. The van der Waals surface area contributed by atoms with Crippen LogP contribution < -0.4 is 5.56 Å². The molecule has 92 valence electrons. The van der Waals surface area contributed by atoms with Crippen LogP contribution >= 0.6 is 0 Å². The Morgan fingerprint density at radius 3 is 2.47 bits per heavy atom. The van der Waals surface area contributed by atoms with Crippen molar-refractivity contribution in [3.8, 4) is 0 Å². The van der Waals surface area contributed by atoms with Crippen LogP contribution in [0.25, 0.3) is 11.0 Å². The van der Waals surface area contributed by atoms with E-state index in [-0.39, 0.29) is 11.6 Å². The number of fused-ring (bicyclic) bond motifs is 1. The molecule has 1 aromatic heterocycles. The molecule has 0 radical (unpaired) electrons. The lowest BCUT2D eigenvalue weighted by molar-refractivity contribution is 0.597. The molecule has 0 aliphatic heterocycles. The van der Waals surface area contributed by atoms with E-state index in [2.05, 4.69) is 4.98 Å². The first-order valence-corrected chi connectivity index (χ1v) is 6.07. The van der Waals surface area contributed by atoms with Crippen LogP contribution in [0.1, 0.15) is 39.3 Å². The van der Waals surface area contributed by atoms with Gasteiger partial charge in [0.2, 0.25) is 0 Å². The van der Waals surface area contributed by atoms with Gasteiger partial charge in [0, 0.05) is 6.04 Å². The maximum Gasteiger partial charge on any atom is 0.269 e. The van der Waals surface area contributed by atoms with Crippen LogP contribution in [0.5, 0.6) is 0 Å². The van der Waals surface area contributed by atoms with Gasteiger partial charge in [0.1, 0.15) is 0 Å². The van der Waals surface area contributed by atoms with Gasteiger partial charge in [0.05, 0.1) is 17.2 Å². The molecule has 0 saturated heterocycles. The molecule has 0 aliphatic rings. The molecule has 0 bridgehead atoms. The largest absolute Gasteiger partial charge is 0.303 e. The van der Waals surface area contributed by atoms with E-state index in [1.54, 1.807) is 4.57 Å². The SMILES string of the molecule is CC.Cc1ccc2c(c1)ncc(=O)n2C(C)C. The van der Waals surface area contributed by atoms with Gasteiger partial charge in [-0.25, -0.2) is 4.98 Å². The third-order valence-corrected chi connectivity index (χ3v) is 2.46. The van der Waals surface area contributed by atoms with E-state index in [4.69, 9.17) is 0 Å². The fourth-order valence-electron chi connectivity index (χ4n) is 1.78. The molecule has 2 aromatic rings. The van der Waals surface area contributed by atoms with Crippen molar-refractivity contribution in [3.63, 3.8) is 0 Å². The molecular formula is C14H20N2O. The van der Waals surface area contributed by atoms with E-state index in [9.17, 15) is 4.79 Å². The van der Waals surface area contributed by atoms with Gasteiger partial charge in [-0.15, -0.1) is 0 Å². The minimum Gasteiger partial charge on any atom is -0.303 e. The van der Waals surface area contributed by atoms with Gasteiger partial charge in [-0.05, 0) is 38.5 Å². The van der Waals surface area contributed by atoms with E-state index in [1.165, 1.54) is 6.20 Å². The molecule has 0 N–H and O–H groups in total. The molecule has 1 aromatic carbocycles. The van der Waals surface area contributed by atoms with Crippen molar-refractivity contribution in [1.82, 2.24) is 9.55 Å². The maximum absolute atomic E-state index is 11.7. The van der Waals surface area contributed by atoms with Crippen molar-refractivity contribution in [2.45, 2.75) is 40.7 Å².